The van der Waals surface area contributed by atoms with Crippen molar-refractivity contribution in [3.8, 4) is 11.3 Å². The zero-order valence-electron chi connectivity index (χ0n) is 13.8. The van der Waals surface area contributed by atoms with Gasteiger partial charge in [-0.2, -0.15) is 0 Å². The molecule has 1 fully saturated rings. The molecule has 5 heteroatoms. The van der Waals surface area contributed by atoms with Crippen molar-refractivity contribution >= 4 is 10.9 Å². The average Bonchev–Trinajstić information content (AvgIpc) is 3.49. The van der Waals surface area contributed by atoms with Crippen molar-refractivity contribution in [2.75, 3.05) is 0 Å². The lowest BCUT2D eigenvalue weighted by atomic mass is 9.90. The van der Waals surface area contributed by atoms with Crippen LogP contribution in [0.3, 0.4) is 0 Å². The fourth-order valence-corrected chi connectivity index (χ4v) is 3.91. The lowest BCUT2D eigenvalue weighted by molar-refractivity contribution is 0.0784. The van der Waals surface area contributed by atoms with E-state index in [1.165, 1.54) is 0 Å². The molecule has 0 bridgehead atoms. The fourth-order valence-electron chi connectivity index (χ4n) is 3.91. The summed E-state index contributed by atoms with van der Waals surface area (Å²) in [5, 5.41) is 0.545. The van der Waals surface area contributed by atoms with Crippen LogP contribution in [-0.4, -0.2) is 20.2 Å². The molecule has 0 saturated heterocycles. The summed E-state index contributed by atoms with van der Waals surface area (Å²) in [5.41, 5.74) is 1.08. The smallest absolute Gasteiger partial charge is 0.261 e. The largest absolute Gasteiger partial charge is 0.293 e. The van der Waals surface area contributed by atoms with Crippen molar-refractivity contribution in [1.29, 1.82) is 0 Å². The van der Waals surface area contributed by atoms with Gasteiger partial charge in [-0.05, 0) is 49.4 Å². The highest BCUT2D eigenvalue weighted by molar-refractivity contribution is 5.83. The highest BCUT2D eigenvalue weighted by Crippen LogP contribution is 2.47. The highest BCUT2D eigenvalue weighted by Gasteiger charge is 2.48. The van der Waals surface area contributed by atoms with Crippen LogP contribution >= 0.6 is 0 Å². The minimum absolute atomic E-state index is 0.120. The standard InChI is InChI=1S/C20H18FN3O/c21-20(14-5-6-14)9-8-18-23-17-11-13(16-3-1-2-10-22-16)4-7-15(17)19(25)24(18)12-20/h1-4,7,10-11,14H,5-6,8-9,12H2. The van der Waals surface area contributed by atoms with Crippen LogP contribution in [0, 0.1) is 5.92 Å². The van der Waals surface area contributed by atoms with Gasteiger partial charge in [0.05, 0.1) is 23.1 Å². The minimum Gasteiger partial charge on any atom is -0.293 e. The van der Waals surface area contributed by atoms with Crippen molar-refractivity contribution in [3.63, 3.8) is 0 Å². The van der Waals surface area contributed by atoms with Crippen LogP contribution in [0.25, 0.3) is 22.2 Å². The summed E-state index contributed by atoms with van der Waals surface area (Å²) in [5.74, 6) is 0.819. The zero-order valence-corrected chi connectivity index (χ0v) is 13.8. The van der Waals surface area contributed by atoms with Gasteiger partial charge < -0.3 is 0 Å². The van der Waals surface area contributed by atoms with E-state index < -0.39 is 5.67 Å². The molecule has 3 aromatic rings. The molecule has 5 rings (SSSR count). The molecule has 2 aromatic heterocycles. The minimum atomic E-state index is -1.24. The van der Waals surface area contributed by atoms with E-state index in [1.807, 2.05) is 30.3 Å². The van der Waals surface area contributed by atoms with Crippen LogP contribution in [0.15, 0.2) is 47.4 Å². The Kier molecular flexibility index (Phi) is 3.08. The van der Waals surface area contributed by atoms with E-state index in [0.29, 0.717) is 29.6 Å². The summed E-state index contributed by atoms with van der Waals surface area (Å²) < 4.78 is 16.7. The van der Waals surface area contributed by atoms with Crippen molar-refractivity contribution in [3.05, 3.63) is 58.8 Å². The molecule has 2 aliphatic rings. The summed E-state index contributed by atoms with van der Waals surface area (Å²) in [6.07, 6.45) is 4.61. The summed E-state index contributed by atoms with van der Waals surface area (Å²) in [6, 6.07) is 11.3. The van der Waals surface area contributed by atoms with Crippen molar-refractivity contribution in [2.45, 2.75) is 37.9 Å². The molecule has 0 N–H and O–H groups in total. The third-order valence-electron chi connectivity index (χ3n) is 5.49. The molecule has 1 aromatic carbocycles. The monoisotopic (exact) mass is 335 g/mol. The van der Waals surface area contributed by atoms with Crippen LogP contribution in [0.1, 0.15) is 25.1 Å². The molecular weight excluding hydrogens is 317 g/mol. The third kappa shape index (κ3) is 2.37. The van der Waals surface area contributed by atoms with E-state index in [2.05, 4.69) is 9.97 Å². The van der Waals surface area contributed by atoms with Gasteiger partial charge in [0.15, 0.2) is 0 Å². The molecular formula is C20H18FN3O. The van der Waals surface area contributed by atoms with Gasteiger partial charge in [-0.1, -0.05) is 12.1 Å². The van der Waals surface area contributed by atoms with Crippen LogP contribution in [0.4, 0.5) is 4.39 Å². The molecule has 126 valence electrons. The van der Waals surface area contributed by atoms with E-state index in [0.717, 1.165) is 24.1 Å². The van der Waals surface area contributed by atoms with Gasteiger partial charge in [-0.3, -0.25) is 14.3 Å². The topological polar surface area (TPSA) is 47.8 Å². The Morgan fingerprint density at radius 2 is 2.08 bits per heavy atom. The number of pyridine rings is 1. The van der Waals surface area contributed by atoms with Gasteiger partial charge >= 0.3 is 0 Å². The number of fused-ring (bicyclic) bond motifs is 2. The normalized spacial score (nSPS) is 22.8. The first kappa shape index (κ1) is 14.8. The molecule has 0 radical (unpaired) electrons. The van der Waals surface area contributed by atoms with Crippen molar-refractivity contribution in [1.82, 2.24) is 14.5 Å². The first-order valence-electron chi connectivity index (χ1n) is 8.78. The second kappa shape index (κ2) is 5.22. The van der Waals surface area contributed by atoms with Gasteiger partial charge in [-0.15, -0.1) is 0 Å². The molecule has 0 spiro atoms. The highest BCUT2D eigenvalue weighted by atomic mass is 19.1. The number of hydrogen-bond donors (Lipinski definition) is 0. The number of hydrogen-bond acceptors (Lipinski definition) is 3. The Morgan fingerprint density at radius 1 is 1.20 bits per heavy atom. The van der Waals surface area contributed by atoms with Crippen LogP contribution in [0.2, 0.25) is 0 Å². The van der Waals surface area contributed by atoms with Gasteiger partial charge in [-0.25, -0.2) is 9.37 Å². The SMILES string of the molecule is O=c1c2ccc(-c3ccccn3)cc2nc2n1CC(F)(C1CC1)CC2. The Balaban J connectivity index is 1.63. The Hall–Kier alpha value is -2.56. The van der Waals surface area contributed by atoms with Crippen molar-refractivity contribution < 1.29 is 4.39 Å². The van der Waals surface area contributed by atoms with Gasteiger partial charge in [0.25, 0.3) is 5.56 Å². The Morgan fingerprint density at radius 3 is 2.84 bits per heavy atom. The molecule has 1 unspecified atom stereocenters. The molecule has 4 nitrogen and oxygen atoms in total. The van der Waals surface area contributed by atoms with Gasteiger partial charge in [0, 0.05) is 18.2 Å². The lowest BCUT2D eigenvalue weighted by Gasteiger charge is -2.32. The second-order valence-corrected chi connectivity index (χ2v) is 7.18. The maximum Gasteiger partial charge on any atom is 0.261 e. The molecule has 25 heavy (non-hydrogen) atoms. The van der Waals surface area contributed by atoms with E-state index in [1.54, 1.807) is 16.8 Å². The number of nitrogens with zero attached hydrogens (tertiary/aromatic N) is 3. The number of alkyl halides is 1. The summed E-state index contributed by atoms with van der Waals surface area (Å²) in [7, 11) is 0. The number of aryl methyl sites for hydroxylation is 1. The molecule has 3 heterocycles. The number of rotatable bonds is 2. The molecule has 1 aliphatic carbocycles. The first-order chi connectivity index (χ1) is 12.1. The maximum atomic E-state index is 15.1. The quantitative estimate of drug-likeness (QED) is 0.720. The van der Waals surface area contributed by atoms with E-state index in [4.69, 9.17) is 0 Å². The zero-order chi connectivity index (χ0) is 17.0. The Bertz CT molecular complexity index is 1030. The molecule has 0 amide bonds. The van der Waals surface area contributed by atoms with Crippen LogP contribution < -0.4 is 5.56 Å². The summed E-state index contributed by atoms with van der Waals surface area (Å²) in [6.45, 7) is 0.150. The van der Waals surface area contributed by atoms with E-state index in [-0.39, 0.29) is 18.0 Å². The number of aromatic nitrogens is 3. The molecule has 1 saturated carbocycles. The fraction of sp³-hybridized carbons (Fsp3) is 0.350. The number of halogens is 1. The summed E-state index contributed by atoms with van der Waals surface area (Å²) >= 11 is 0. The molecule has 1 aliphatic heterocycles. The number of benzene rings is 1. The molecule has 1 atom stereocenters. The van der Waals surface area contributed by atoms with Gasteiger partial charge in [0.1, 0.15) is 11.5 Å². The van der Waals surface area contributed by atoms with Crippen LogP contribution in [0.5, 0.6) is 0 Å². The van der Waals surface area contributed by atoms with Crippen molar-refractivity contribution in [2.24, 2.45) is 5.92 Å². The third-order valence-corrected chi connectivity index (χ3v) is 5.49. The lowest BCUT2D eigenvalue weighted by Crippen LogP contribution is -2.42. The van der Waals surface area contributed by atoms with E-state index >= 15 is 4.39 Å². The predicted octanol–water partition coefficient (Wildman–Crippen LogP) is 3.52. The predicted molar refractivity (Wildman–Crippen MR) is 94.1 cm³/mol. The van der Waals surface area contributed by atoms with Gasteiger partial charge in [0.2, 0.25) is 0 Å². The summed E-state index contributed by atoms with van der Waals surface area (Å²) in [4.78, 5) is 21.9. The maximum absolute atomic E-state index is 15.1. The average molecular weight is 335 g/mol. The second-order valence-electron chi connectivity index (χ2n) is 7.18. The van der Waals surface area contributed by atoms with E-state index in [9.17, 15) is 4.79 Å². The van der Waals surface area contributed by atoms with Crippen LogP contribution in [-0.2, 0) is 13.0 Å². The Labute approximate surface area is 144 Å². The first-order valence-corrected chi connectivity index (χ1v) is 8.78.